The van der Waals surface area contributed by atoms with Gasteiger partial charge in [0.25, 0.3) is 13.4 Å². The summed E-state index contributed by atoms with van der Waals surface area (Å²) >= 11 is 3.75. The number of rotatable bonds is 9. The van der Waals surface area contributed by atoms with E-state index >= 15 is 4.57 Å². The third-order valence-corrected chi connectivity index (χ3v) is 19.9. The molecule has 1 aliphatic heterocycles. The minimum Gasteiger partial charge on any atom is -0.309 e. The summed E-state index contributed by atoms with van der Waals surface area (Å²) in [5.74, 6) is 0. The molecule has 316 valence electrons. The molecule has 1 saturated carbocycles. The highest BCUT2D eigenvalue weighted by molar-refractivity contribution is 7.91. The predicted molar refractivity (Wildman–Crippen MR) is 282 cm³/mol. The molecule has 3 heterocycles. The topological polar surface area (TPSA) is 17.1 Å². The first-order valence-electron chi connectivity index (χ1n) is 22.7. The molecule has 2 aromatic heterocycles. The van der Waals surface area contributed by atoms with E-state index in [1.165, 1.54) is 109 Å². The molecule has 0 unspecified atom stereocenters. The largest absolute Gasteiger partial charge is 0.309 e. The van der Waals surface area contributed by atoms with Crippen molar-refractivity contribution in [2.45, 2.75) is 102 Å². The van der Waals surface area contributed by atoms with Gasteiger partial charge in [-0.05, 0) is 135 Å². The van der Waals surface area contributed by atoms with Crippen LogP contribution in [0.2, 0.25) is 0 Å². The van der Waals surface area contributed by atoms with Crippen LogP contribution in [-0.2, 0) is 4.57 Å². The van der Waals surface area contributed by atoms with Gasteiger partial charge in [0.05, 0.1) is 0 Å². The first-order chi connectivity index (χ1) is 30.1. The Morgan fingerprint density at radius 1 is 0.413 bits per heavy atom. The van der Waals surface area contributed by atoms with E-state index in [2.05, 4.69) is 186 Å². The molecule has 0 N–H and O–H groups in total. The SMILES string of the molecule is Cc1cc(C)c(B(c2ccc(C3=C4CCCC4=C(c4ccc(B(c5c(C)cc(C)cc5C)c5c(C)cc(C)cc5C)s4)P3(=O)c3ccccc3)s2)c2c(C)cc(C)cc2C)c(C)c1. The maximum atomic E-state index is 17.0. The standard InChI is InChI=1S/C57H59B2OPS2/c1-33-25-37(5)52(38(6)26-33)58(53-39(7)27-34(2)28-40(53)8)50-23-21-48(62-50)56-46-19-16-20-47(46)57(61(56,60)45-17-14-13-15-18-45)49-22-24-51(63-49)59(54-41(9)29-35(3)30-42(54)10)55-43(11)31-36(4)32-44(55)12/h13-15,17-18,21-32H,16,19-20H2,1-12H3. The Morgan fingerprint density at radius 3 is 1.02 bits per heavy atom. The molecule has 0 amide bonds. The monoisotopic (exact) mass is 876 g/mol. The van der Waals surface area contributed by atoms with Crippen LogP contribution in [0.25, 0.3) is 10.6 Å². The zero-order chi connectivity index (χ0) is 44.6. The van der Waals surface area contributed by atoms with Crippen molar-refractivity contribution in [2.75, 3.05) is 0 Å². The van der Waals surface area contributed by atoms with E-state index in [1.807, 2.05) is 22.7 Å². The van der Waals surface area contributed by atoms with Crippen molar-refractivity contribution in [1.29, 1.82) is 0 Å². The number of thiophene rings is 2. The van der Waals surface area contributed by atoms with E-state index in [4.69, 9.17) is 0 Å². The number of aryl methyl sites for hydroxylation is 12. The van der Waals surface area contributed by atoms with E-state index in [1.54, 1.807) is 0 Å². The average molecular weight is 877 g/mol. The molecule has 1 nitrogen and oxygen atoms in total. The van der Waals surface area contributed by atoms with Crippen LogP contribution < -0.4 is 36.7 Å². The first-order valence-corrected chi connectivity index (χ1v) is 26.0. The third-order valence-electron chi connectivity index (χ3n) is 13.9. The molecule has 1 fully saturated rings. The highest BCUT2D eigenvalue weighted by Gasteiger charge is 2.48. The molecule has 7 aromatic rings. The number of hydrogen-bond donors (Lipinski definition) is 0. The summed E-state index contributed by atoms with van der Waals surface area (Å²) in [6.45, 7) is 27.2. The Labute approximate surface area is 386 Å². The summed E-state index contributed by atoms with van der Waals surface area (Å²) in [5, 5.41) is 3.11. The minimum absolute atomic E-state index is 0.0719. The van der Waals surface area contributed by atoms with Crippen molar-refractivity contribution in [2.24, 2.45) is 0 Å². The summed E-state index contributed by atoms with van der Waals surface area (Å²) in [5.41, 5.74) is 24.0. The smallest absolute Gasteiger partial charge is 0.255 e. The van der Waals surface area contributed by atoms with Crippen molar-refractivity contribution in [1.82, 2.24) is 0 Å². The third kappa shape index (κ3) is 7.47. The molecule has 2 aliphatic rings. The van der Waals surface area contributed by atoms with Gasteiger partial charge in [0.1, 0.15) is 0 Å². The lowest BCUT2D eigenvalue weighted by atomic mass is 9.37. The quantitative estimate of drug-likeness (QED) is 0.104. The number of allylic oxidation sites excluding steroid dienone is 2. The van der Waals surface area contributed by atoms with Gasteiger partial charge in [0.15, 0.2) is 7.14 Å². The zero-order valence-corrected chi connectivity index (χ0v) is 41.8. The van der Waals surface area contributed by atoms with Gasteiger partial charge in [0, 0.05) is 25.7 Å². The van der Waals surface area contributed by atoms with Crippen LogP contribution in [0.3, 0.4) is 0 Å². The molecule has 63 heavy (non-hydrogen) atoms. The van der Waals surface area contributed by atoms with Crippen LogP contribution in [0.5, 0.6) is 0 Å². The lowest BCUT2D eigenvalue weighted by Crippen LogP contribution is -2.54. The van der Waals surface area contributed by atoms with Crippen LogP contribution >= 0.6 is 29.8 Å². The van der Waals surface area contributed by atoms with Crippen molar-refractivity contribution in [3.05, 3.63) is 191 Å². The van der Waals surface area contributed by atoms with Crippen LogP contribution in [0.4, 0.5) is 0 Å². The van der Waals surface area contributed by atoms with Gasteiger partial charge in [-0.15, -0.1) is 22.7 Å². The Kier molecular flexibility index (Phi) is 11.6. The molecule has 0 saturated heterocycles. The second-order valence-corrected chi connectivity index (χ2v) is 23.8. The number of hydrogen-bond acceptors (Lipinski definition) is 3. The highest BCUT2D eigenvalue weighted by atomic mass is 32.1. The Hall–Kier alpha value is -4.66. The molecule has 6 heteroatoms. The lowest BCUT2D eigenvalue weighted by Gasteiger charge is -2.24. The Morgan fingerprint density at radius 2 is 0.714 bits per heavy atom. The second kappa shape index (κ2) is 16.7. The fourth-order valence-electron chi connectivity index (χ4n) is 12.0. The molecule has 9 rings (SSSR count). The normalized spacial score (nSPS) is 14.5. The second-order valence-electron chi connectivity index (χ2n) is 19.0. The van der Waals surface area contributed by atoms with E-state index < -0.39 is 7.14 Å². The summed E-state index contributed by atoms with van der Waals surface area (Å²) in [6.07, 6.45) is 3.00. The molecule has 0 bridgehead atoms. The average Bonchev–Trinajstić information content (AvgIpc) is 4.01. The maximum Gasteiger partial charge on any atom is 0.255 e. The van der Waals surface area contributed by atoms with E-state index in [0.29, 0.717) is 0 Å². The van der Waals surface area contributed by atoms with Crippen molar-refractivity contribution in [3.8, 4) is 0 Å². The number of fused-ring (bicyclic) bond motifs is 1. The highest BCUT2D eigenvalue weighted by Crippen LogP contribution is 2.76. The molecule has 5 aromatic carbocycles. The van der Waals surface area contributed by atoms with Crippen LogP contribution in [0.15, 0.2) is 114 Å². The molecular formula is C57H59B2OPS2. The van der Waals surface area contributed by atoms with E-state index in [0.717, 1.165) is 44.9 Å². The van der Waals surface area contributed by atoms with Gasteiger partial charge in [-0.1, -0.05) is 180 Å². The van der Waals surface area contributed by atoms with Gasteiger partial charge < -0.3 is 4.57 Å². The summed E-state index contributed by atoms with van der Waals surface area (Å²) in [7, 11) is -3.31. The lowest BCUT2D eigenvalue weighted by molar-refractivity contribution is 0.593. The van der Waals surface area contributed by atoms with Crippen molar-refractivity contribution in [3.63, 3.8) is 0 Å². The molecular weight excluding hydrogens is 817 g/mol. The molecule has 0 spiro atoms. The summed E-state index contributed by atoms with van der Waals surface area (Å²) < 4.78 is 19.6. The summed E-state index contributed by atoms with van der Waals surface area (Å²) in [6, 6.07) is 38.6. The Bertz CT molecular complexity index is 2710. The van der Waals surface area contributed by atoms with Gasteiger partial charge >= 0.3 is 0 Å². The molecule has 0 atom stereocenters. The van der Waals surface area contributed by atoms with Crippen LogP contribution in [0.1, 0.15) is 95.8 Å². The van der Waals surface area contributed by atoms with Gasteiger partial charge in [-0.2, -0.15) is 0 Å². The van der Waals surface area contributed by atoms with E-state index in [9.17, 15) is 0 Å². The molecule has 0 radical (unpaired) electrons. The minimum atomic E-state index is -3.31. The van der Waals surface area contributed by atoms with Gasteiger partial charge in [-0.3, -0.25) is 0 Å². The van der Waals surface area contributed by atoms with Crippen molar-refractivity contribution >= 4 is 90.6 Å². The van der Waals surface area contributed by atoms with Crippen molar-refractivity contribution < 1.29 is 4.57 Å². The van der Waals surface area contributed by atoms with Gasteiger partial charge in [0.2, 0.25) is 0 Å². The first kappa shape index (κ1) is 43.6. The fraction of sp³-hybridized carbons (Fsp3) is 0.263. The fourth-order valence-corrected chi connectivity index (χ4v) is 18.6. The summed E-state index contributed by atoms with van der Waals surface area (Å²) in [4.78, 5) is 2.31. The Balaban J connectivity index is 1.23. The van der Waals surface area contributed by atoms with E-state index in [-0.39, 0.29) is 13.4 Å². The zero-order valence-electron chi connectivity index (χ0n) is 39.3. The number of benzene rings is 5. The predicted octanol–water partition coefficient (Wildman–Crippen LogP) is 11.6. The molecule has 1 aliphatic carbocycles. The van der Waals surface area contributed by atoms with Crippen LogP contribution in [0, 0.1) is 83.1 Å². The van der Waals surface area contributed by atoms with Crippen LogP contribution in [-0.4, -0.2) is 13.4 Å². The van der Waals surface area contributed by atoms with Gasteiger partial charge in [-0.25, -0.2) is 0 Å². The maximum absolute atomic E-state index is 17.0.